The molecule has 0 aliphatic heterocycles. The Bertz CT molecular complexity index is 939. The van der Waals surface area contributed by atoms with E-state index in [2.05, 4.69) is 26.0 Å². The molecule has 30 heavy (non-hydrogen) atoms. The van der Waals surface area contributed by atoms with Crippen molar-refractivity contribution >= 4 is 33.5 Å². The molecule has 2 aromatic carbocycles. The second-order valence-electron chi connectivity index (χ2n) is 5.62. The van der Waals surface area contributed by atoms with Crippen molar-refractivity contribution < 1.29 is 37.5 Å². The summed E-state index contributed by atoms with van der Waals surface area (Å²) >= 11 is 3.23. The molecule has 0 fully saturated rings. The summed E-state index contributed by atoms with van der Waals surface area (Å²) in [5, 5.41) is 13.6. The van der Waals surface area contributed by atoms with Crippen molar-refractivity contribution in [2.45, 2.75) is 13.2 Å². The highest BCUT2D eigenvalue weighted by atomic mass is 79.9. The van der Waals surface area contributed by atoms with Crippen LogP contribution in [0, 0.1) is 10.1 Å². The van der Waals surface area contributed by atoms with Crippen molar-refractivity contribution in [1.29, 1.82) is 0 Å². The van der Waals surface area contributed by atoms with Gasteiger partial charge in [0.15, 0.2) is 11.5 Å². The number of alkyl halides is 2. The first-order valence-corrected chi connectivity index (χ1v) is 9.00. The Morgan fingerprint density at radius 2 is 1.87 bits per heavy atom. The van der Waals surface area contributed by atoms with Gasteiger partial charge in [0.25, 0.3) is 11.6 Å². The van der Waals surface area contributed by atoms with Crippen LogP contribution in [0.4, 0.5) is 14.5 Å². The van der Waals surface area contributed by atoms with Crippen molar-refractivity contribution in [3.8, 4) is 11.5 Å². The number of methoxy groups -OCH3 is 1. The molecule has 0 saturated carbocycles. The van der Waals surface area contributed by atoms with Crippen molar-refractivity contribution in [2.24, 2.45) is 0 Å². The largest absolute Gasteiger partial charge is 0.493 e. The molecular formula is C18H15BrF2N2O7. The predicted molar refractivity (Wildman–Crippen MR) is 103 cm³/mol. The van der Waals surface area contributed by atoms with Gasteiger partial charge in [0, 0.05) is 10.0 Å². The molecule has 1 amide bonds. The Hall–Kier alpha value is -3.28. The molecule has 9 nitrogen and oxygen atoms in total. The lowest BCUT2D eigenvalue weighted by Crippen LogP contribution is -2.30. The third-order valence-corrected chi connectivity index (χ3v) is 4.19. The molecule has 2 aromatic rings. The molecule has 160 valence electrons. The Labute approximate surface area is 177 Å². The van der Waals surface area contributed by atoms with Crippen LogP contribution in [0.5, 0.6) is 11.5 Å². The number of halogens is 3. The number of hydrogen-bond acceptors (Lipinski definition) is 7. The number of hydrogen-bond donors (Lipinski definition) is 1. The van der Waals surface area contributed by atoms with Gasteiger partial charge in [-0.05, 0) is 30.3 Å². The van der Waals surface area contributed by atoms with Gasteiger partial charge < -0.3 is 19.5 Å². The summed E-state index contributed by atoms with van der Waals surface area (Å²) in [6.45, 7) is -4.24. The van der Waals surface area contributed by atoms with Gasteiger partial charge >= 0.3 is 12.6 Å². The molecule has 1 N–H and O–H groups in total. The van der Waals surface area contributed by atoms with E-state index in [0.29, 0.717) is 5.56 Å². The second kappa shape index (κ2) is 10.5. The van der Waals surface area contributed by atoms with Crippen LogP contribution >= 0.6 is 15.9 Å². The number of carbonyl (C=O) groups is 2. The fourth-order valence-corrected chi connectivity index (χ4v) is 2.55. The first-order valence-electron chi connectivity index (χ1n) is 8.20. The fraction of sp³-hybridized carbons (Fsp3) is 0.222. The molecule has 0 radical (unpaired) electrons. The Morgan fingerprint density at radius 3 is 2.43 bits per heavy atom. The maximum absolute atomic E-state index is 12.5. The van der Waals surface area contributed by atoms with E-state index in [-0.39, 0.29) is 11.3 Å². The quantitative estimate of drug-likeness (QED) is 0.326. The van der Waals surface area contributed by atoms with E-state index in [0.717, 1.165) is 23.7 Å². The molecule has 12 heteroatoms. The number of rotatable bonds is 9. The van der Waals surface area contributed by atoms with Crippen LogP contribution in [0.3, 0.4) is 0 Å². The normalized spacial score (nSPS) is 10.4. The van der Waals surface area contributed by atoms with Crippen LogP contribution in [-0.2, 0) is 16.1 Å². The van der Waals surface area contributed by atoms with E-state index in [1.165, 1.54) is 0 Å². The third kappa shape index (κ3) is 6.37. The molecule has 0 heterocycles. The number of amides is 1. The maximum atomic E-state index is 12.5. The van der Waals surface area contributed by atoms with E-state index in [1.807, 2.05) is 0 Å². The van der Waals surface area contributed by atoms with E-state index in [9.17, 15) is 28.5 Å². The highest BCUT2D eigenvalue weighted by molar-refractivity contribution is 9.10. The monoisotopic (exact) mass is 488 g/mol. The van der Waals surface area contributed by atoms with E-state index >= 15 is 0 Å². The van der Waals surface area contributed by atoms with E-state index in [1.54, 1.807) is 24.3 Å². The van der Waals surface area contributed by atoms with Crippen molar-refractivity contribution in [3.63, 3.8) is 0 Å². The summed E-state index contributed by atoms with van der Waals surface area (Å²) in [5.41, 5.74) is -0.384. The summed E-state index contributed by atoms with van der Waals surface area (Å²) in [4.78, 5) is 34.2. The third-order valence-electron chi connectivity index (χ3n) is 3.67. The molecule has 2 rings (SSSR count). The zero-order valence-electron chi connectivity index (χ0n) is 15.4. The number of ether oxygens (including phenoxy) is 3. The van der Waals surface area contributed by atoms with E-state index < -0.39 is 48.0 Å². The molecule has 0 aliphatic carbocycles. The molecular weight excluding hydrogens is 474 g/mol. The zero-order chi connectivity index (χ0) is 22.3. The number of nitrogens with zero attached hydrogens (tertiary/aromatic N) is 1. The predicted octanol–water partition coefficient (Wildman–Crippen LogP) is 3.44. The summed E-state index contributed by atoms with van der Waals surface area (Å²) in [6, 6.07) is 8.21. The lowest BCUT2D eigenvalue weighted by molar-refractivity contribution is -0.386. The van der Waals surface area contributed by atoms with Crippen LogP contribution in [0.15, 0.2) is 40.9 Å². The average Bonchev–Trinajstić information content (AvgIpc) is 2.70. The minimum Gasteiger partial charge on any atom is -0.493 e. The molecule has 0 atom stereocenters. The molecule has 0 spiro atoms. The van der Waals surface area contributed by atoms with Gasteiger partial charge in [0.2, 0.25) is 0 Å². The number of esters is 1. The minimum absolute atomic E-state index is 0.106. The van der Waals surface area contributed by atoms with Crippen LogP contribution in [0.2, 0.25) is 0 Å². The van der Waals surface area contributed by atoms with Gasteiger partial charge in [0.1, 0.15) is 13.2 Å². The van der Waals surface area contributed by atoms with Crippen molar-refractivity contribution in [1.82, 2.24) is 5.32 Å². The van der Waals surface area contributed by atoms with Crippen LogP contribution < -0.4 is 14.8 Å². The fourth-order valence-electron chi connectivity index (χ4n) is 2.29. The number of nitro benzene ring substituents is 1. The first kappa shape index (κ1) is 23.0. The van der Waals surface area contributed by atoms with Gasteiger partial charge in [-0.25, -0.2) is 0 Å². The molecule has 0 aliphatic rings. The smallest absolute Gasteiger partial charge is 0.387 e. The highest BCUT2D eigenvalue weighted by Crippen LogP contribution is 2.36. The van der Waals surface area contributed by atoms with E-state index in [4.69, 9.17) is 9.47 Å². The Balaban J connectivity index is 2.02. The summed E-state index contributed by atoms with van der Waals surface area (Å²) in [5.74, 6) is -2.10. The SMILES string of the molecule is COc1cc(COC(=O)CNC(=O)c2ccc(Br)cc2)c([N+](=O)[O-])cc1OC(F)F. The van der Waals surface area contributed by atoms with Gasteiger partial charge in [0.05, 0.1) is 23.7 Å². The minimum atomic E-state index is -3.21. The molecule has 0 bridgehead atoms. The zero-order valence-corrected chi connectivity index (χ0v) is 17.0. The number of nitro groups is 1. The molecule has 0 aromatic heterocycles. The number of carbonyl (C=O) groups excluding carboxylic acids is 2. The summed E-state index contributed by atoms with van der Waals surface area (Å²) in [7, 11) is 1.16. The Kier molecular flexibility index (Phi) is 8.04. The van der Waals surface area contributed by atoms with Crippen LogP contribution in [0.1, 0.15) is 15.9 Å². The highest BCUT2D eigenvalue weighted by Gasteiger charge is 2.22. The molecule has 0 unspecified atom stereocenters. The van der Waals surface area contributed by atoms with Gasteiger partial charge in [-0.2, -0.15) is 8.78 Å². The first-order chi connectivity index (χ1) is 14.2. The molecule has 0 saturated heterocycles. The van der Waals surface area contributed by atoms with Crippen LogP contribution in [-0.4, -0.2) is 37.1 Å². The summed E-state index contributed by atoms with van der Waals surface area (Å²) in [6.07, 6.45) is 0. The second-order valence-corrected chi connectivity index (χ2v) is 6.53. The average molecular weight is 489 g/mol. The topological polar surface area (TPSA) is 117 Å². The number of nitrogens with one attached hydrogen (secondary N) is 1. The van der Waals surface area contributed by atoms with Gasteiger partial charge in [-0.1, -0.05) is 15.9 Å². The lowest BCUT2D eigenvalue weighted by Gasteiger charge is -2.12. The van der Waals surface area contributed by atoms with Gasteiger partial charge in [-0.3, -0.25) is 19.7 Å². The number of benzene rings is 2. The van der Waals surface area contributed by atoms with Crippen molar-refractivity contribution in [3.05, 3.63) is 62.1 Å². The van der Waals surface area contributed by atoms with Gasteiger partial charge in [-0.15, -0.1) is 0 Å². The summed E-state index contributed by atoms with van der Waals surface area (Å²) < 4.78 is 39.7. The standard InChI is InChI=1S/C18H15BrF2N2O7/c1-28-14-6-11(13(23(26)27)7-15(14)30-18(20)21)9-29-16(24)8-22-17(25)10-2-4-12(19)5-3-10/h2-7,18H,8-9H2,1H3,(H,22,25). The van der Waals surface area contributed by atoms with Crippen LogP contribution in [0.25, 0.3) is 0 Å². The Morgan fingerprint density at radius 1 is 1.20 bits per heavy atom. The van der Waals surface area contributed by atoms with Crippen molar-refractivity contribution in [2.75, 3.05) is 13.7 Å². The lowest BCUT2D eigenvalue weighted by atomic mass is 10.1. The maximum Gasteiger partial charge on any atom is 0.387 e.